The number of fused-ring (bicyclic) bond motifs is 1. The summed E-state index contributed by atoms with van der Waals surface area (Å²) in [5, 5.41) is 2.70. The molecule has 1 saturated heterocycles. The van der Waals surface area contributed by atoms with E-state index in [9.17, 15) is 18.4 Å². The Morgan fingerprint density at radius 1 is 1.08 bits per heavy atom. The third-order valence-corrected chi connectivity index (χ3v) is 4.83. The smallest absolute Gasteiger partial charge is 0.290 e. The van der Waals surface area contributed by atoms with Gasteiger partial charge in [0.1, 0.15) is 11.6 Å². The minimum absolute atomic E-state index is 0.274. The maximum atomic E-state index is 13.5. The highest BCUT2D eigenvalue weighted by Gasteiger charge is 2.25. The molecule has 4 nitrogen and oxygen atoms in total. The van der Waals surface area contributed by atoms with Crippen LogP contribution in [0.2, 0.25) is 0 Å². The van der Waals surface area contributed by atoms with E-state index >= 15 is 0 Å². The summed E-state index contributed by atoms with van der Waals surface area (Å²) >= 11 is 0.847. The Morgan fingerprint density at radius 2 is 1.81 bits per heavy atom. The fraction of sp³-hybridized carbons (Fsp3) is 0.0526. The van der Waals surface area contributed by atoms with Crippen LogP contribution >= 0.6 is 11.8 Å². The predicted molar refractivity (Wildman–Crippen MR) is 96.5 cm³/mol. The lowest BCUT2D eigenvalue weighted by Crippen LogP contribution is -2.17. The topological polar surface area (TPSA) is 51.1 Å². The quantitative estimate of drug-likeness (QED) is 0.700. The summed E-state index contributed by atoms with van der Waals surface area (Å²) in [5.74, 6) is -1.68. The first-order valence-corrected chi connectivity index (χ1v) is 8.59. The van der Waals surface area contributed by atoms with Crippen LogP contribution in [0.3, 0.4) is 0 Å². The van der Waals surface area contributed by atoms with Crippen molar-refractivity contribution < 1.29 is 18.4 Å². The van der Waals surface area contributed by atoms with E-state index < -0.39 is 22.8 Å². The third-order valence-electron chi connectivity index (χ3n) is 4.02. The van der Waals surface area contributed by atoms with Gasteiger partial charge in [0.2, 0.25) is 0 Å². The van der Waals surface area contributed by atoms with Crippen molar-refractivity contribution in [3.05, 3.63) is 76.3 Å². The van der Waals surface area contributed by atoms with Gasteiger partial charge in [0.25, 0.3) is 11.1 Å². The maximum absolute atomic E-state index is 13.5. The molecule has 2 amide bonds. The maximum Gasteiger partial charge on any atom is 0.290 e. The molecule has 26 heavy (non-hydrogen) atoms. The Morgan fingerprint density at radius 3 is 2.50 bits per heavy atom. The summed E-state index contributed by atoms with van der Waals surface area (Å²) in [6, 6.07) is 10.9. The van der Waals surface area contributed by atoms with Gasteiger partial charge in [-0.1, -0.05) is 18.2 Å². The van der Waals surface area contributed by atoms with Crippen molar-refractivity contribution in [3.8, 4) is 0 Å². The molecule has 1 fully saturated rings. The molecule has 0 spiro atoms. The first-order valence-electron chi connectivity index (χ1n) is 7.77. The number of rotatable bonds is 3. The number of nitrogens with one attached hydrogen (secondary N) is 1. The van der Waals surface area contributed by atoms with Gasteiger partial charge in [-0.2, -0.15) is 0 Å². The molecule has 0 atom stereocenters. The van der Waals surface area contributed by atoms with Crippen LogP contribution < -0.4 is 5.32 Å². The largest absolute Gasteiger partial charge is 0.342 e. The summed E-state index contributed by atoms with van der Waals surface area (Å²) in [7, 11) is 0. The van der Waals surface area contributed by atoms with Crippen LogP contribution in [0, 0.1) is 11.6 Å². The van der Waals surface area contributed by atoms with E-state index in [1.165, 1.54) is 12.1 Å². The molecular formula is C19H12F2N2O2S. The van der Waals surface area contributed by atoms with Gasteiger partial charge >= 0.3 is 0 Å². The monoisotopic (exact) mass is 370 g/mol. The van der Waals surface area contributed by atoms with E-state index in [2.05, 4.69) is 5.32 Å². The van der Waals surface area contributed by atoms with Gasteiger partial charge in [-0.25, -0.2) is 8.78 Å². The third kappa shape index (κ3) is 3.13. The number of aromatic nitrogens is 1. The number of amides is 2. The number of halogens is 2. The lowest BCUT2D eigenvalue weighted by atomic mass is 10.1. The van der Waals surface area contributed by atoms with E-state index in [0.717, 1.165) is 34.3 Å². The Hall–Kier alpha value is -2.93. The van der Waals surface area contributed by atoms with E-state index in [1.807, 2.05) is 28.8 Å². The van der Waals surface area contributed by atoms with Crippen molar-refractivity contribution in [2.75, 3.05) is 0 Å². The molecule has 2 heterocycles. The highest BCUT2D eigenvalue weighted by molar-refractivity contribution is 8.18. The molecule has 0 radical (unpaired) electrons. The van der Waals surface area contributed by atoms with Gasteiger partial charge in [0, 0.05) is 35.3 Å². The Bertz CT molecular complexity index is 1070. The van der Waals surface area contributed by atoms with Gasteiger partial charge in [-0.3, -0.25) is 14.9 Å². The van der Waals surface area contributed by atoms with E-state index in [1.54, 1.807) is 12.3 Å². The molecule has 130 valence electrons. The first kappa shape index (κ1) is 16.5. The van der Waals surface area contributed by atoms with Crippen LogP contribution in [-0.4, -0.2) is 15.7 Å². The van der Waals surface area contributed by atoms with Crippen molar-refractivity contribution in [3.63, 3.8) is 0 Å². The standard InChI is InChI=1S/C19H12F2N2O2S/c20-13-5-11(6-14(21)8-13)9-23-10-12(15-3-1-2-4-16(15)23)7-17-18(24)22-19(25)26-17/h1-8,10H,9H2,(H,22,24,25)/b17-7-. The van der Waals surface area contributed by atoms with Crippen molar-refractivity contribution in [1.82, 2.24) is 9.88 Å². The second-order valence-electron chi connectivity index (χ2n) is 5.86. The summed E-state index contributed by atoms with van der Waals surface area (Å²) in [5.41, 5.74) is 2.11. The van der Waals surface area contributed by atoms with Crippen LogP contribution in [-0.2, 0) is 11.3 Å². The van der Waals surface area contributed by atoms with Crippen molar-refractivity contribution in [1.29, 1.82) is 0 Å². The van der Waals surface area contributed by atoms with Crippen LogP contribution in [0.1, 0.15) is 11.1 Å². The molecule has 1 aliphatic heterocycles. The average molecular weight is 370 g/mol. The average Bonchev–Trinajstić information content (AvgIpc) is 3.07. The Labute approximate surface area is 151 Å². The summed E-state index contributed by atoms with van der Waals surface area (Å²) in [6.45, 7) is 0.274. The molecular weight excluding hydrogens is 358 g/mol. The van der Waals surface area contributed by atoms with E-state index in [0.29, 0.717) is 10.5 Å². The van der Waals surface area contributed by atoms with Crippen molar-refractivity contribution in [2.45, 2.75) is 6.54 Å². The zero-order chi connectivity index (χ0) is 18.3. The van der Waals surface area contributed by atoms with Gasteiger partial charge in [0.15, 0.2) is 0 Å². The van der Waals surface area contributed by atoms with Crippen LogP contribution in [0.5, 0.6) is 0 Å². The number of para-hydroxylation sites is 1. The van der Waals surface area contributed by atoms with Crippen molar-refractivity contribution in [2.24, 2.45) is 0 Å². The normalized spacial score (nSPS) is 15.8. The molecule has 0 unspecified atom stereocenters. The number of nitrogens with zero attached hydrogens (tertiary/aromatic N) is 1. The van der Waals surface area contributed by atoms with Crippen LogP contribution in [0.4, 0.5) is 13.6 Å². The lowest BCUT2D eigenvalue weighted by molar-refractivity contribution is -0.115. The minimum atomic E-state index is -0.628. The second kappa shape index (κ2) is 6.42. The first-order chi connectivity index (χ1) is 12.5. The van der Waals surface area contributed by atoms with E-state index in [-0.39, 0.29) is 6.54 Å². The molecule has 7 heteroatoms. The molecule has 0 saturated carbocycles. The fourth-order valence-corrected chi connectivity index (χ4v) is 3.66. The molecule has 2 aromatic carbocycles. The molecule has 0 bridgehead atoms. The number of carbonyl (C=O) groups is 2. The summed E-state index contributed by atoms with van der Waals surface area (Å²) < 4.78 is 28.8. The molecule has 0 aliphatic carbocycles. The summed E-state index contributed by atoms with van der Waals surface area (Å²) in [6.07, 6.45) is 3.45. The van der Waals surface area contributed by atoms with Gasteiger partial charge in [-0.15, -0.1) is 0 Å². The second-order valence-corrected chi connectivity index (χ2v) is 6.87. The SMILES string of the molecule is O=C1NC(=O)/C(=C/c2cn(Cc3cc(F)cc(F)c3)c3ccccc23)S1. The molecule has 1 N–H and O–H groups in total. The molecule has 3 aromatic rings. The van der Waals surface area contributed by atoms with Crippen LogP contribution in [0.25, 0.3) is 17.0 Å². The Balaban J connectivity index is 1.78. The van der Waals surface area contributed by atoms with Crippen LogP contribution in [0.15, 0.2) is 53.6 Å². The van der Waals surface area contributed by atoms with Gasteiger partial charge < -0.3 is 4.57 Å². The number of carbonyl (C=O) groups excluding carboxylic acids is 2. The number of benzene rings is 2. The zero-order valence-corrected chi connectivity index (χ0v) is 14.1. The summed E-state index contributed by atoms with van der Waals surface area (Å²) in [4.78, 5) is 23.4. The van der Waals surface area contributed by atoms with E-state index in [4.69, 9.17) is 0 Å². The number of imide groups is 1. The number of thioether (sulfide) groups is 1. The zero-order valence-electron chi connectivity index (χ0n) is 13.3. The number of hydrogen-bond donors (Lipinski definition) is 1. The van der Waals surface area contributed by atoms with Gasteiger partial charge in [0.05, 0.1) is 4.91 Å². The molecule has 4 rings (SSSR count). The number of hydrogen-bond acceptors (Lipinski definition) is 3. The highest BCUT2D eigenvalue weighted by Crippen LogP contribution is 2.30. The highest BCUT2D eigenvalue weighted by atomic mass is 32.2. The molecule has 1 aliphatic rings. The lowest BCUT2D eigenvalue weighted by Gasteiger charge is -2.06. The van der Waals surface area contributed by atoms with Crippen molar-refractivity contribution >= 4 is 39.9 Å². The fourth-order valence-electron chi connectivity index (χ4n) is 2.98. The predicted octanol–water partition coefficient (Wildman–Crippen LogP) is 4.29. The molecule has 1 aromatic heterocycles. The minimum Gasteiger partial charge on any atom is -0.342 e. The Kier molecular flexibility index (Phi) is 4.08. The van der Waals surface area contributed by atoms with Gasteiger partial charge in [-0.05, 0) is 41.6 Å².